The summed E-state index contributed by atoms with van der Waals surface area (Å²) >= 11 is 0. The predicted molar refractivity (Wildman–Crippen MR) is 50.4 cm³/mol. The molecule has 76 valence electrons. The Morgan fingerprint density at radius 1 is 1.29 bits per heavy atom. The zero-order valence-electron chi connectivity index (χ0n) is 8.24. The third-order valence-corrected chi connectivity index (χ3v) is 3.54. The van der Waals surface area contributed by atoms with E-state index in [1.165, 1.54) is 38.8 Å². The van der Waals surface area contributed by atoms with E-state index < -0.39 is 0 Å². The largest absolute Gasteiger partial charge is 0.295 e. The summed E-state index contributed by atoms with van der Waals surface area (Å²) in [6, 6.07) is 0. The van der Waals surface area contributed by atoms with Gasteiger partial charge in [0, 0.05) is 13.1 Å². The van der Waals surface area contributed by atoms with E-state index in [0.29, 0.717) is 5.41 Å². The fraction of sp³-hybridized carbons (Fsp3) is 0.889. The van der Waals surface area contributed by atoms with Crippen LogP contribution in [0.2, 0.25) is 0 Å². The molecular weight excluding hydrogens is 178 g/mol. The number of nitrogens with one attached hydrogen (secondary N) is 1. The van der Waals surface area contributed by atoms with Crippen LogP contribution in [0.15, 0.2) is 0 Å². The van der Waals surface area contributed by atoms with E-state index in [4.69, 9.17) is 0 Å². The fourth-order valence-corrected chi connectivity index (χ4v) is 2.90. The molecule has 1 aliphatic carbocycles. The molecule has 0 radical (unpaired) electrons. The van der Waals surface area contributed by atoms with Crippen LogP contribution >= 0.6 is 0 Å². The number of aromatic amines is 1. The first-order chi connectivity index (χ1) is 6.86. The van der Waals surface area contributed by atoms with Gasteiger partial charge in [0.1, 0.15) is 0 Å². The Labute approximate surface area is 82.9 Å². The number of H-pyrrole nitrogens is 1. The Kier molecular flexibility index (Phi) is 1.80. The molecule has 2 aliphatic rings. The zero-order valence-corrected chi connectivity index (χ0v) is 8.24. The Balaban J connectivity index is 1.55. The van der Waals surface area contributed by atoms with Gasteiger partial charge in [0.15, 0.2) is 5.82 Å². The average molecular weight is 193 g/mol. The molecule has 1 N–H and O–H groups in total. The summed E-state index contributed by atoms with van der Waals surface area (Å²) in [6.45, 7) is 3.33. The van der Waals surface area contributed by atoms with E-state index in [2.05, 4.69) is 25.5 Å². The van der Waals surface area contributed by atoms with E-state index in [1.54, 1.807) is 0 Å². The second kappa shape index (κ2) is 3.02. The zero-order chi connectivity index (χ0) is 9.43. The lowest BCUT2D eigenvalue weighted by Crippen LogP contribution is -2.54. The van der Waals surface area contributed by atoms with Crippen molar-refractivity contribution >= 4 is 0 Å². The molecule has 0 bridgehead atoms. The second-order valence-electron chi connectivity index (χ2n) is 4.68. The Morgan fingerprint density at radius 3 is 2.71 bits per heavy atom. The van der Waals surface area contributed by atoms with Crippen LogP contribution in [0.3, 0.4) is 0 Å². The van der Waals surface area contributed by atoms with Gasteiger partial charge in [0.2, 0.25) is 0 Å². The van der Waals surface area contributed by atoms with Crippen LogP contribution in [-0.4, -0.2) is 38.6 Å². The number of hydrogen-bond acceptors (Lipinski definition) is 4. The average Bonchev–Trinajstić information content (AvgIpc) is 2.72. The van der Waals surface area contributed by atoms with Crippen molar-refractivity contribution in [3.05, 3.63) is 5.82 Å². The van der Waals surface area contributed by atoms with Crippen molar-refractivity contribution in [2.24, 2.45) is 5.41 Å². The monoisotopic (exact) mass is 193 g/mol. The van der Waals surface area contributed by atoms with Gasteiger partial charge in [-0.2, -0.15) is 5.21 Å². The van der Waals surface area contributed by atoms with Gasteiger partial charge in [0.25, 0.3) is 0 Å². The highest BCUT2D eigenvalue weighted by Gasteiger charge is 2.44. The van der Waals surface area contributed by atoms with Crippen LogP contribution in [-0.2, 0) is 6.54 Å². The highest BCUT2D eigenvalue weighted by atomic mass is 15.5. The Bertz CT molecular complexity index is 293. The molecule has 1 saturated heterocycles. The lowest BCUT2D eigenvalue weighted by atomic mass is 9.78. The van der Waals surface area contributed by atoms with Gasteiger partial charge in [-0.3, -0.25) is 4.90 Å². The number of rotatable bonds is 2. The maximum absolute atomic E-state index is 3.96. The normalized spacial score (nSPS) is 25.4. The predicted octanol–water partition coefficient (Wildman–Crippen LogP) is 0.576. The summed E-state index contributed by atoms with van der Waals surface area (Å²) in [5, 5.41) is 14.0. The van der Waals surface area contributed by atoms with Gasteiger partial charge in [0.05, 0.1) is 6.54 Å². The topological polar surface area (TPSA) is 57.7 Å². The van der Waals surface area contributed by atoms with Gasteiger partial charge >= 0.3 is 0 Å². The summed E-state index contributed by atoms with van der Waals surface area (Å²) in [4.78, 5) is 2.41. The fourth-order valence-electron chi connectivity index (χ4n) is 2.90. The highest BCUT2D eigenvalue weighted by molar-refractivity contribution is 4.98. The SMILES string of the molecule is C1CCC2(C1)CN(Cc1nn[nH]n1)C2. The molecule has 1 spiro atoms. The number of likely N-dealkylation sites (tertiary alicyclic amines) is 1. The minimum absolute atomic E-state index is 0.670. The van der Waals surface area contributed by atoms with Crippen LogP contribution in [0.4, 0.5) is 0 Å². The van der Waals surface area contributed by atoms with Crippen LogP contribution in [0.25, 0.3) is 0 Å². The quantitative estimate of drug-likeness (QED) is 0.746. The van der Waals surface area contributed by atoms with E-state index in [1.807, 2.05) is 0 Å². The van der Waals surface area contributed by atoms with E-state index in [9.17, 15) is 0 Å². The minimum atomic E-state index is 0.670. The first kappa shape index (κ1) is 8.35. The number of hydrogen-bond donors (Lipinski definition) is 1. The first-order valence-electron chi connectivity index (χ1n) is 5.31. The molecule has 14 heavy (non-hydrogen) atoms. The molecule has 0 aromatic carbocycles. The van der Waals surface area contributed by atoms with E-state index >= 15 is 0 Å². The lowest BCUT2D eigenvalue weighted by Gasteiger charge is -2.47. The summed E-state index contributed by atoms with van der Waals surface area (Å²) in [5.74, 6) is 0.817. The molecule has 2 fully saturated rings. The smallest absolute Gasteiger partial charge is 0.188 e. The summed E-state index contributed by atoms with van der Waals surface area (Å²) in [5.41, 5.74) is 0.670. The summed E-state index contributed by atoms with van der Waals surface area (Å²) in [7, 11) is 0. The van der Waals surface area contributed by atoms with Crippen molar-refractivity contribution in [3.8, 4) is 0 Å². The van der Waals surface area contributed by atoms with Crippen molar-refractivity contribution in [2.45, 2.75) is 32.2 Å². The van der Waals surface area contributed by atoms with Gasteiger partial charge in [-0.25, -0.2) is 0 Å². The summed E-state index contributed by atoms with van der Waals surface area (Å²) in [6.07, 6.45) is 5.71. The van der Waals surface area contributed by atoms with Crippen LogP contribution in [0.1, 0.15) is 31.5 Å². The minimum Gasteiger partial charge on any atom is -0.295 e. The molecule has 1 saturated carbocycles. The Morgan fingerprint density at radius 2 is 2.07 bits per heavy atom. The highest BCUT2D eigenvalue weighted by Crippen LogP contribution is 2.45. The first-order valence-corrected chi connectivity index (χ1v) is 5.31. The standard InChI is InChI=1S/C9H15N5/c1-2-4-9(3-1)6-14(7-9)5-8-10-12-13-11-8/h1-7H2,(H,10,11,12,13). The number of aromatic nitrogens is 4. The Hall–Kier alpha value is -0.970. The van der Waals surface area contributed by atoms with Crippen LogP contribution in [0, 0.1) is 5.41 Å². The van der Waals surface area contributed by atoms with Crippen molar-refractivity contribution < 1.29 is 0 Å². The van der Waals surface area contributed by atoms with Crippen molar-refractivity contribution in [3.63, 3.8) is 0 Å². The number of nitrogens with zero attached hydrogens (tertiary/aromatic N) is 4. The van der Waals surface area contributed by atoms with Gasteiger partial charge in [-0.1, -0.05) is 18.1 Å². The maximum atomic E-state index is 3.96. The molecule has 0 unspecified atom stereocenters. The molecular formula is C9H15N5. The van der Waals surface area contributed by atoms with Crippen molar-refractivity contribution in [1.29, 1.82) is 0 Å². The molecule has 1 aromatic rings. The van der Waals surface area contributed by atoms with Crippen LogP contribution in [0.5, 0.6) is 0 Å². The lowest BCUT2D eigenvalue weighted by molar-refractivity contribution is -0.00204. The van der Waals surface area contributed by atoms with Crippen molar-refractivity contribution in [2.75, 3.05) is 13.1 Å². The molecule has 5 heteroatoms. The third-order valence-electron chi connectivity index (χ3n) is 3.54. The van der Waals surface area contributed by atoms with Crippen molar-refractivity contribution in [1.82, 2.24) is 25.5 Å². The van der Waals surface area contributed by atoms with Gasteiger partial charge in [-0.05, 0) is 18.3 Å². The molecule has 3 rings (SSSR count). The number of tetrazole rings is 1. The molecule has 1 aromatic heterocycles. The van der Waals surface area contributed by atoms with Gasteiger partial charge in [-0.15, -0.1) is 10.2 Å². The van der Waals surface area contributed by atoms with Crippen LogP contribution < -0.4 is 0 Å². The second-order valence-corrected chi connectivity index (χ2v) is 4.68. The summed E-state index contributed by atoms with van der Waals surface area (Å²) < 4.78 is 0. The molecule has 2 heterocycles. The molecule has 0 atom stereocenters. The van der Waals surface area contributed by atoms with E-state index in [0.717, 1.165) is 12.4 Å². The van der Waals surface area contributed by atoms with E-state index in [-0.39, 0.29) is 0 Å². The maximum Gasteiger partial charge on any atom is 0.188 e. The molecule has 1 aliphatic heterocycles. The third kappa shape index (κ3) is 1.32. The molecule has 0 amide bonds. The van der Waals surface area contributed by atoms with Gasteiger partial charge < -0.3 is 0 Å². The molecule has 5 nitrogen and oxygen atoms in total.